The predicted octanol–water partition coefficient (Wildman–Crippen LogP) is 2.19. The lowest BCUT2D eigenvalue weighted by Gasteiger charge is -2.30. The molecule has 6 nitrogen and oxygen atoms in total. The van der Waals surface area contributed by atoms with E-state index in [1.807, 2.05) is 12.1 Å². The minimum atomic E-state index is -3.66. The number of anilines is 1. The third kappa shape index (κ3) is 4.64. The highest BCUT2D eigenvalue weighted by atomic mass is 32.2. The Bertz CT molecular complexity index is 755. The molecule has 0 aliphatic carbocycles. The molecule has 1 amide bonds. The SMILES string of the molecule is CC(C)c1ccc2c(c1)CCCN2C(=O)CS(=O)(=O)NCC1CCCO1. The van der Waals surface area contributed by atoms with Gasteiger partial charge < -0.3 is 9.64 Å². The van der Waals surface area contributed by atoms with Crippen LogP contribution in [0.25, 0.3) is 0 Å². The number of nitrogens with one attached hydrogen (secondary N) is 1. The smallest absolute Gasteiger partial charge is 0.243 e. The van der Waals surface area contributed by atoms with E-state index in [9.17, 15) is 13.2 Å². The van der Waals surface area contributed by atoms with Crippen molar-refractivity contribution in [1.29, 1.82) is 0 Å². The molecule has 0 spiro atoms. The number of aryl methyl sites for hydroxylation is 1. The first-order valence-electron chi connectivity index (χ1n) is 9.38. The van der Waals surface area contributed by atoms with E-state index in [-0.39, 0.29) is 18.6 Å². The zero-order chi connectivity index (χ0) is 18.7. The quantitative estimate of drug-likeness (QED) is 0.821. The molecule has 0 aromatic heterocycles. The van der Waals surface area contributed by atoms with Crippen LogP contribution in [0.5, 0.6) is 0 Å². The summed E-state index contributed by atoms with van der Waals surface area (Å²) < 4.78 is 32.5. The largest absolute Gasteiger partial charge is 0.377 e. The van der Waals surface area contributed by atoms with Gasteiger partial charge in [0.2, 0.25) is 15.9 Å². The molecule has 2 heterocycles. The zero-order valence-corrected chi connectivity index (χ0v) is 16.3. The van der Waals surface area contributed by atoms with Crippen LogP contribution in [0.3, 0.4) is 0 Å². The Labute approximate surface area is 156 Å². The van der Waals surface area contributed by atoms with Crippen molar-refractivity contribution in [3.05, 3.63) is 29.3 Å². The number of hydrogen-bond donors (Lipinski definition) is 1. The Morgan fingerprint density at radius 3 is 2.85 bits per heavy atom. The molecule has 2 aliphatic rings. The van der Waals surface area contributed by atoms with Crippen LogP contribution in [-0.2, 0) is 26.0 Å². The highest BCUT2D eigenvalue weighted by molar-refractivity contribution is 7.90. The number of amides is 1. The van der Waals surface area contributed by atoms with Crippen LogP contribution in [0.4, 0.5) is 5.69 Å². The standard InChI is InChI=1S/C19H28N2O4S/c1-14(2)15-7-8-18-16(11-15)5-3-9-21(18)19(22)13-26(23,24)20-12-17-6-4-10-25-17/h7-8,11,14,17,20H,3-6,9-10,12-13H2,1-2H3. The number of ether oxygens (including phenoxy) is 1. The Kier molecular flexibility index (Phi) is 5.99. The topological polar surface area (TPSA) is 75.7 Å². The number of nitrogens with zero attached hydrogens (tertiary/aromatic N) is 1. The summed E-state index contributed by atoms with van der Waals surface area (Å²) in [6.07, 6.45) is 3.50. The molecular weight excluding hydrogens is 352 g/mol. The van der Waals surface area contributed by atoms with Gasteiger partial charge in [-0.15, -0.1) is 0 Å². The maximum absolute atomic E-state index is 12.7. The average Bonchev–Trinajstić information content (AvgIpc) is 3.12. The Hall–Kier alpha value is -1.44. The van der Waals surface area contributed by atoms with Crippen LogP contribution >= 0.6 is 0 Å². The molecule has 144 valence electrons. The maximum atomic E-state index is 12.7. The highest BCUT2D eigenvalue weighted by Crippen LogP contribution is 2.30. The van der Waals surface area contributed by atoms with Gasteiger partial charge >= 0.3 is 0 Å². The molecule has 1 aromatic carbocycles. The molecule has 1 fully saturated rings. The average molecular weight is 381 g/mol. The predicted molar refractivity (Wildman–Crippen MR) is 102 cm³/mol. The van der Waals surface area contributed by atoms with Crippen molar-refractivity contribution in [3.8, 4) is 0 Å². The number of rotatable bonds is 6. The molecule has 2 aliphatic heterocycles. The van der Waals surface area contributed by atoms with Crippen LogP contribution in [-0.4, -0.2) is 45.9 Å². The van der Waals surface area contributed by atoms with E-state index in [4.69, 9.17) is 4.74 Å². The molecule has 0 saturated carbocycles. The first-order chi connectivity index (χ1) is 12.4. The fraction of sp³-hybridized carbons (Fsp3) is 0.632. The second-order valence-electron chi connectivity index (χ2n) is 7.43. The van der Waals surface area contributed by atoms with Gasteiger partial charge in [-0.05, 0) is 48.8 Å². The van der Waals surface area contributed by atoms with Crippen molar-refractivity contribution in [3.63, 3.8) is 0 Å². The van der Waals surface area contributed by atoms with E-state index in [1.54, 1.807) is 4.90 Å². The maximum Gasteiger partial charge on any atom is 0.243 e. The van der Waals surface area contributed by atoms with Gasteiger partial charge in [-0.25, -0.2) is 13.1 Å². The van der Waals surface area contributed by atoms with Crippen LogP contribution in [0.15, 0.2) is 18.2 Å². The first-order valence-corrected chi connectivity index (χ1v) is 11.0. The third-order valence-electron chi connectivity index (χ3n) is 5.06. The number of carbonyl (C=O) groups excluding carboxylic acids is 1. The summed E-state index contributed by atoms with van der Waals surface area (Å²) in [6, 6.07) is 6.12. The first kappa shape index (κ1) is 19.3. The number of benzene rings is 1. The minimum absolute atomic E-state index is 0.0787. The molecule has 1 N–H and O–H groups in total. The Morgan fingerprint density at radius 2 is 2.15 bits per heavy atom. The van der Waals surface area contributed by atoms with Crippen molar-refractivity contribution < 1.29 is 17.9 Å². The lowest BCUT2D eigenvalue weighted by atomic mass is 9.95. The number of carbonyl (C=O) groups is 1. The molecule has 1 unspecified atom stereocenters. The summed E-state index contributed by atoms with van der Waals surface area (Å²) in [5.41, 5.74) is 3.21. The second-order valence-corrected chi connectivity index (χ2v) is 9.24. The summed E-state index contributed by atoms with van der Waals surface area (Å²) in [4.78, 5) is 14.3. The van der Waals surface area contributed by atoms with Crippen molar-refractivity contribution in [2.75, 3.05) is 30.3 Å². The van der Waals surface area contributed by atoms with E-state index in [0.717, 1.165) is 36.9 Å². The summed E-state index contributed by atoms with van der Waals surface area (Å²) in [5, 5.41) is 0. The molecular formula is C19H28N2O4S. The van der Waals surface area contributed by atoms with E-state index >= 15 is 0 Å². The lowest BCUT2D eigenvalue weighted by molar-refractivity contribution is -0.116. The summed E-state index contributed by atoms with van der Waals surface area (Å²) in [6.45, 7) is 5.76. The van der Waals surface area contributed by atoms with E-state index in [1.165, 1.54) is 5.56 Å². The molecule has 1 saturated heterocycles. The summed E-state index contributed by atoms with van der Waals surface area (Å²) >= 11 is 0. The molecule has 7 heteroatoms. The van der Waals surface area contributed by atoms with E-state index in [2.05, 4.69) is 24.6 Å². The van der Waals surface area contributed by atoms with E-state index < -0.39 is 15.8 Å². The van der Waals surface area contributed by atoms with Gasteiger partial charge in [0.05, 0.1) is 6.10 Å². The molecule has 3 rings (SSSR count). The molecule has 0 bridgehead atoms. The minimum Gasteiger partial charge on any atom is -0.377 e. The molecule has 26 heavy (non-hydrogen) atoms. The fourth-order valence-electron chi connectivity index (χ4n) is 3.55. The van der Waals surface area contributed by atoms with Crippen LogP contribution in [0.2, 0.25) is 0 Å². The van der Waals surface area contributed by atoms with Crippen LogP contribution in [0.1, 0.15) is 50.2 Å². The van der Waals surface area contributed by atoms with Gasteiger partial charge in [-0.3, -0.25) is 4.79 Å². The summed E-state index contributed by atoms with van der Waals surface area (Å²) in [7, 11) is -3.66. The van der Waals surface area contributed by atoms with Gasteiger partial charge in [0.25, 0.3) is 0 Å². The Balaban J connectivity index is 1.66. The zero-order valence-electron chi connectivity index (χ0n) is 15.5. The third-order valence-corrected chi connectivity index (χ3v) is 6.29. The van der Waals surface area contributed by atoms with Gasteiger partial charge in [-0.1, -0.05) is 26.0 Å². The van der Waals surface area contributed by atoms with Crippen LogP contribution in [0, 0.1) is 0 Å². The number of sulfonamides is 1. The molecule has 1 aromatic rings. The van der Waals surface area contributed by atoms with Gasteiger partial charge in [0, 0.05) is 25.4 Å². The second kappa shape index (κ2) is 8.06. The fourth-order valence-corrected chi connectivity index (χ4v) is 4.57. The monoisotopic (exact) mass is 380 g/mol. The van der Waals surface area contributed by atoms with Crippen molar-refractivity contribution in [2.45, 2.75) is 51.6 Å². The van der Waals surface area contributed by atoms with Gasteiger partial charge in [-0.2, -0.15) is 0 Å². The van der Waals surface area contributed by atoms with Crippen molar-refractivity contribution >= 4 is 21.6 Å². The lowest BCUT2D eigenvalue weighted by Crippen LogP contribution is -2.43. The van der Waals surface area contributed by atoms with Crippen molar-refractivity contribution in [1.82, 2.24) is 4.72 Å². The summed E-state index contributed by atoms with van der Waals surface area (Å²) in [5.74, 6) is -0.470. The normalized spacial score (nSPS) is 20.4. The number of fused-ring (bicyclic) bond motifs is 1. The molecule has 1 atom stereocenters. The molecule has 0 radical (unpaired) electrons. The van der Waals surface area contributed by atoms with Crippen LogP contribution < -0.4 is 9.62 Å². The van der Waals surface area contributed by atoms with Gasteiger partial charge in [0.15, 0.2) is 0 Å². The van der Waals surface area contributed by atoms with Gasteiger partial charge in [0.1, 0.15) is 5.75 Å². The number of hydrogen-bond acceptors (Lipinski definition) is 4. The Morgan fingerprint density at radius 1 is 1.35 bits per heavy atom. The van der Waals surface area contributed by atoms with Crippen molar-refractivity contribution in [2.24, 2.45) is 0 Å². The highest BCUT2D eigenvalue weighted by Gasteiger charge is 2.27. The van der Waals surface area contributed by atoms with E-state index in [0.29, 0.717) is 19.1 Å².